The molecule has 2 rings (SSSR count). The molecule has 0 saturated carbocycles. The molecule has 2 amide bonds. The number of carbonyl (C=O) groups is 2. The van der Waals surface area contributed by atoms with Crippen molar-refractivity contribution in [1.82, 2.24) is 14.7 Å². The van der Waals surface area contributed by atoms with E-state index in [4.69, 9.17) is 12.2 Å². The molecular formula is C15H19N5O2. The second-order valence-electron chi connectivity index (χ2n) is 5.21. The van der Waals surface area contributed by atoms with E-state index in [0.717, 1.165) is 0 Å². The lowest BCUT2D eigenvalue weighted by Crippen LogP contribution is -2.32. The number of nitrogens with two attached hydrogens (primary N) is 1. The van der Waals surface area contributed by atoms with Crippen molar-refractivity contribution >= 4 is 17.6 Å². The van der Waals surface area contributed by atoms with E-state index in [1.54, 1.807) is 16.6 Å². The number of carbonyl (C=O) groups excluding carboxylic acids is 2. The van der Waals surface area contributed by atoms with Gasteiger partial charge in [0.1, 0.15) is 17.1 Å². The molecule has 1 saturated heterocycles. The van der Waals surface area contributed by atoms with Gasteiger partial charge in [-0.15, -0.1) is 6.42 Å². The van der Waals surface area contributed by atoms with Gasteiger partial charge in [-0.25, -0.2) is 4.68 Å². The number of hydrogen-bond acceptors (Lipinski definition) is 4. The largest absolute Gasteiger partial charge is 0.373 e. The smallest absolute Gasteiger partial charge is 0.255 e. The van der Waals surface area contributed by atoms with E-state index in [1.165, 1.54) is 6.08 Å². The van der Waals surface area contributed by atoms with Gasteiger partial charge in [0.15, 0.2) is 0 Å². The third-order valence-corrected chi connectivity index (χ3v) is 3.89. The Morgan fingerprint density at radius 3 is 2.77 bits per heavy atom. The number of nitrogens with one attached hydrogen (secondary N) is 1. The maximum absolute atomic E-state index is 11.8. The quantitative estimate of drug-likeness (QED) is 0.620. The third-order valence-electron chi connectivity index (χ3n) is 3.89. The Hall–Kier alpha value is -2.75. The van der Waals surface area contributed by atoms with Crippen molar-refractivity contribution in [3.8, 4) is 12.3 Å². The van der Waals surface area contributed by atoms with E-state index in [2.05, 4.69) is 22.9 Å². The first-order chi connectivity index (χ1) is 10.4. The Bertz CT molecular complexity index is 670. The van der Waals surface area contributed by atoms with Gasteiger partial charge in [0.2, 0.25) is 5.91 Å². The van der Waals surface area contributed by atoms with Crippen LogP contribution in [0.4, 0.5) is 5.82 Å². The van der Waals surface area contributed by atoms with E-state index < -0.39 is 5.91 Å². The summed E-state index contributed by atoms with van der Waals surface area (Å²) in [7, 11) is 1.67. The zero-order chi connectivity index (χ0) is 16.4. The van der Waals surface area contributed by atoms with Gasteiger partial charge >= 0.3 is 0 Å². The van der Waals surface area contributed by atoms with Crippen LogP contribution >= 0.6 is 0 Å². The Labute approximate surface area is 129 Å². The van der Waals surface area contributed by atoms with Gasteiger partial charge in [0, 0.05) is 19.6 Å². The van der Waals surface area contributed by atoms with Gasteiger partial charge < -0.3 is 16.0 Å². The molecule has 116 valence electrons. The molecule has 1 fully saturated rings. The maximum Gasteiger partial charge on any atom is 0.255 e. The normalized spacial score (nSPS) is 20.5. The van der Waals surface area contributed by atoms with E-state index in [0.29, 0.717) is 18.8 Å². The van der Waals surface area contributed by atoms with Crippen molar-refractivity contribution in [1.29, 1.82) is 0 Å². The number of aromatic nitrogens is 2. The minimum atomic E-state index is -0.631. The second kappa shape index (κ2) is 5.93. The summed E-state index contributed by atoms with van der Waals surface area (Å²) in [6, 6.07) is -0.0303. The summed E-state index contributed by atoms with van der Waals surface area (Å²) in [5.41, 5.74) is 5.80. The number of likely N-dealkylation sites (tertiary alicyclic amines) is 1. The molecule has 0 radical (unpaired) electrons. The van der Waals surface area contributed by atoms with Gasteiger partial charge in [-0.2, -0.15) is 5.10 Å². The molecular weight excluding hydrogens is 282 g/mol. The first kappa shape index (κ1) is 15.6. The van der Waals surface area contributed by atoms with E-state index in [-0.39, 0.29) is 29.2 Å². The Morgan fingerprint density at radius 2 is 2.27 bits per heavy atom. The molecule has 2 heterocycles. The fourth-order valence-corrected chi connectivity index (χ4v) is 2.88. The SMILES string of the molecule is C#Cc1nn([C@H]2C[C@H](C)N(C(=O)C=C)C2)c(NC)c1C(N)=O. The van der Waals surface area contributed by atoms with Gasteiger partial charge in [-0.05, 0) is 25.3 Å². The summed E-state index contributed by atoms with van der Waals surface area (Å²) >= 11 is 0. The summed E-state index contributed by atoms with van der Waals surface area (Å²) in [6.07, 6.45) is 7.41. The maximum atomic E-state index is 11.8. The molecule has 1 aliphatic rings. The van der Waals surface area contributed by atoms with Crippen LogP contribution in [-0.2, 0) is 4.79 Å². The van der Waals surface area contributed by atoms with Crippen molar-refractivity contribution in [3.63, 3.8) is 0 Å². The highest BCUT2D eigenvalue weighted by Gasteiger charge is 2.35. The highest BCUT2D eigenvalue weighted by molar-refractivity contribution is 6.00. The molecule has 0 aliphatic carbocycles. The van der Waals surface area contributed by atoms with Crippen LogP contribution in [0.2, 0.25) is 0 Å². The number of terminal acetylenes is 1. The predicted octanol–water partition coefficient (Wildman–Crippen LogP) is 0.353. The van der Waals surface area contributed by atoms with Gasteiger partial charge in [-0.1, -0.05) is 6.58 Å². The van der Waals surface area contributed by atoms with Gasteiger partial charge in [-0.3, -0.25) is 9.59 Å². The van der Waals surface area contributed by atoms with Crippen LogP contribution in [0.1, 0.15) is 35.4 Å². The molecule has 1 aromatic rings. The van der Waals surface area contributed by atoms with Crippen LogP contribution in [0.25, 0.3) is 0 Å². The molecule has 1 aromatic heterocycles. The highest BCUT2D eigenvalue weighted by atomic mass is 16.2. The molecule has 0 bridgehead atoms. The lowest BCUT2D eigenvalue weighted by Gasteiger charge is -2.19. The molecule has 0 unspecified atom stereocenters. The Morgan fingerprint density at radius 1 is 1.59 bits per heavy atom. The van der Waals surface area contributed by atoms with Crippen LogP contribution in [0.15, 0.2) is 12.7 Å². The number of hydrogen-bond donors (Lipinski definition) is 2. The van der Waals surface area contributed by atoms with Crippen LogP contribution in [0.3, 0.4) is 0 Å². The molecule has 0 aromatic carbocycles. The van der Waals surface area contributed by atoms with Crippen LogP contribution in [0.5, 0.6) is 0 Å². The summed E-state index contributed by atoms with van der Waals surface area (Å²) in [5.74, 6) is 2.10. The topological polar surface area (TPSA) is 93.2 Å². The molecule has 7 heteroatoms. The number of anilines is 1. The van der Waals surface area contributed by atoms with Crippen molar-refractivity contribution in [2.75, 3.05) is 18.9 Å². The van der Waals surface area contributed by atoms with Crippen LogP contribution < -0.4 is 11.1 Å². The van der Waals surface area contributed by atoms with Gasteiger partial charge in [0.05, 0.1) is 6.04 Å². The van der Waals surface area contributed by atoms with E-state index in [1.807, 2.05) is 6.92 Å². The molecule has 0 spiro atoms. The zero-order valence-corrected chi connectivity index (χ0v) is 12.7. The molecule has 7 nitrogen and oxygen atoms in total. The molecule has 1 aliphatic heterocycles. The minimum absolute atomic E-state index is 0.0516. The standard InChI is InChI=1S/C15H19N5O2/c1-5-11-13(14(16)22)15(17-4)20(18-11)10-7-9(3)19(8-10)12(21)6-2/h1,6,9-10,17H,2,7-8H2,3-4H3,(H2,16,22)/t9-,10-/m0/s1. The lowest BCUT2D eigenvalue weighted by molar-refractivity contribution is -0.126. The van der Waals surface area contributed by atoms with Crippen molar-refractivity contribution in [2.45, 2.75) is 25.4 Å². The zero-order valence-electron chi connectivity index (χ0n) is 12.7. The van der Waals surface area contributed by atoms with E-state index >= 15 is 0 Å². The number of rotatable bonds is 4. The average Bonchev–Trinajstić information content (AvgIpc) is 3.06. The average molecular weight is 301 g/mol. The van der Waals surface area contributed by atoms with E-state index in [9.17, 15) is 9.59 Å². The number of primary amides is 1. The summed E-state index contributed by atoms with van der Waals surface area (Å²) in [5, 5.41) is 7.24. The first-order valence-electron chi connectivity index (χ1n) is 6.94. The summed E-state index contributed by atoms with van der Waals surface area (Å²) < 4.78 is 1.65. The van der Waals surface area contributed by atoms with Crippen LogP contribution in [0, 0.1) is 12.3 Å². The third kappa shape index (κ3) is 2.44. The fourth-order valence-electron chi connectivity index (χ4n) is 2.88. The fraction of sp³-hybridized carbons (Fsp3) is 0.400. The highest BCUT2D eigenvalue weighted by Crippen LogP contribution is 2.31. The second-order valence-corrected chi connectivity index (χ2v) is 5.21. The monoisotopic (exact) mass is 301 g/mol. The number of amides is 2. The van der Waals surface area contributed by atoms with Gasteiger partial charge in [0.25, 0.3) is 5.91 Å². The molecule has 2 atom stereocenters. The molecule has 22 heavy (non-hydrogen) atoms. The lowest BCUT2D eigenvalue weighted by atomic mass is 10.2. The van der Waals surface area contributed by atoms with Crippen molar-refractivity contribution in [3.05, 3.63) is 23.9 Å². The predicted molar refractivity (Wildman–Crippen MR) is 83.3 cm³/mol. The Kier molecular flexibility index (Phi) is 4.22. The first-order valence-corrected chi connectivity index (χ1v) is 6.94. The summed E-state index contributed by atoms with van der Waals surface area (Å²) in [4.78, 5) is 25.2. The van der Waals surface area contributed by atoms with Crippen LogP contribution in [-0.4, -0.2) is 46.1 Å². The minimum Gasteiger partial charge on any atom is -0.373 e. The molecule has 3 N–H and O–H groups in total. The summed E-state index contributed by atoms with van der Waals surface area (Å²) in [6.45, 7) is 5.95. The van der Waals surface area contributed by atoms with Crippen molar-refractivity contribution < 1.29 is 9.59 Å². The number of nitrogens with zero attached hydrogens (tertiary/aromatic N) is 3. The van der Waals surface area contributed by atoms with Crippen molar-refractivity contribution in [2.24, 2.45) is 5.73 Å². The Balaban J connectivity index is 2.42.